The van der Waals surface area contributed by atoms with E-state index in [1.807, 2.05) is 29.3 Å². The number of thiophene rings is 1. The molecule has 0 radical (unpaired) electrons. The van der Waals surface area contributed by atoms with Crippen LogP contribution in [0, 0.1) is 17.0 Å². The number of rotatable bonds is 5. The maximum atomic E-state index is 11.2. The number of halogens is 1. The largest absolute Gasteiger partial charge is 0.346 e. The number of nitro groups is 1. The highest BCUT2D eigenvalue weighted by molar-refractivity contribution is 7.09. The van der Waals surface area contributed by atoms with Crippen molar-refractivity contribution in [2.75, 3.05) is 11.4 Å². The third-order valence-corrected chi connectivity index (χ3v) is 3.83. The van der Waals surface area contributed by atoms with Crippen molar-refractivity contribution in [2.24, 2.45) is 0 Å². The molecule has 0 atom stereocenters. The molecule has 0 amide bonds. The van der Waals surface area contributed by atoms with Crippen LogP contribution in [-0.2, 0) is 6.54 Å². The van der Waals surface area contributed by atoms with Crippen molar-refractivity contribution in [3.63, 3.8) is 0 Å². The Morgan fingerprint density at radius 1 is 1.50 bits per heavy atom. The lowest BCUT2D eigenvalue weighted by Gasteiger charge is -2.21. The lowest BCUT2D eigenvalue weighted by molar-refractivity contribution is -0.385. The molecule has 106 valence electrons. The van der Waals surface area contributed by atoms with E-state index in [0.717, 1.165) is 4.88 Å². The van der Waals surface area contributed by atoms with Crippen LogP contribution >= 0.6 is 22.9 Å². The van der Waals surface area contributed by atoms with Gasteiger partial charge in [-0.2, -0.15) is 4.98 Å². The van der Waals surface area contributed by atoms with Crippen molar-refractivity contribution in [3.05, 3.63) is 43.5 Å². The number of aryl methyl sites for hydroxylation is 1. The van der Waals surface area contributed by atoms with Crippen molar-refractivity contribution in [2.45, 2.75) is 20.4 Å². The minimum absolute atomic E-state index is 0.0210. The SMILES string of the molecule is CCN(Cc1cccs1)c1nc(Cl)nc(C)c1[N+](=O)[O-]. The average molecular weight is 313 g/mol. The van der Waals surface area contributed by atoms with Crippen molar-refractivity contribution in [1.29, 1.82) is 0 Å². The molecule has 2 aromatic heterocycles. The quantitative estimate of drug-likeness (QED) is 0.480. The molecule has 0 aromatic carbocycles. The van der Waals surface area contributed by atoms with E-state index in [4.69, 9.17) is 11.6 Å². The van der Waals surface area contributed by atoms with Crippen LogP contribution in [-0.4, -0.2) is 21.4 Å². The molecule has 0 aliphatic carbocycles. The number of nitrogens with zero attached hydrogens (tertiary/aromatic N) is 4. The highest BCUT2D eigenvalue weighted by atomic mass is 35.5. The Balaban J connectivity index is 2.45. The van der Waals surface area contributed by atoms with Gasteiger partial charge in [0.2, 0.25) is 11.1 Å². The van der Waals surface area contributed by atoms with E-state index in [9.17, 15) is 10.1 Å². The number of anilines is 1. The molecule has 0 spiro atoms. The van der Waals surface area contributed by atoms with Crippen molar-refractivity contribution in [1.82, 2.24) is 9.97 Å². The van der Waals surface area contributed by atoms with E-state index in [1.54, 1.807) is 18.3 Å². The summed E-state index contributed by atoms with van der Waals surface area (Å²) in [5.41, 5.74) is 0.183. The number of hydrogen-bond donors (Lipinski definition) is 0. The van der Waals surface area contributed by atoms with Gasteiger partial charge in [-0.25, -0.2) is 4.98 Å². The Hall–Kier alpha value is -1.73. The monoisotopic (exact) mass is 312 g/mol. The molecule has 2 aromatic rings. The zero-order chi connectivity index (χ0) is 14.7. The normalized spacial score (nSPS) is 10.6. The molecule has 0 saturated carbocycles. The maximum absolute atomic E-state index is 11.2. The van der Waals surface area contributed by atoms with E-state index >= 15 is 0 Å². The molecule has 0 bridgehead atoms. The van der Waals surface area contributed by atoms with Crippen LogP contribution in [0.25, 0.3) is 0 Å². The number of hydrogen-bond acceptors (Lipinski definition) is 6. The fourth-order valence-corrected chi connectivity index (χ4v) is 2.81. The van der Waals surface area contributed by atoms with E-state index in [-0.39, 0.29) is 22.5 Å². The first kappa shape index (κ1) is 14.7. The van der Waals surface area contributed by atoms with Crippen LogP contribution in [0.4, 0.5) is 11.5 Å². The summed E-state index contributed by atoms with van der Waals surface area (Å²) in [5.74, 6) is 0.267. The predicted octanol–water partition coefficient (Wildman–Crippen LogP) is 3.43. The second-order valence-corrected chi connectivity index (χ2v) is 5.47. The van der Waals surface area contributed by atoms with Crippen molar-refractivity contribution in [3.8, 4) is 0 Å². The third kappa shape index (κ3) is 3.05. The van der Waals surface area contributed by atoms with E-state index in [0.29, 0.717) is 13.1 Å². The molecule has 0 saturated heterocycles. The molecule has 2 heterocycles. The highest BCUT2D eigenvalue weighted by Crippen LogP contribution is 2.31. The molecule has 8 heteroatoms. The Morgan fingerprint density at radius 2 is 2.25 bits per heavy atom. The van der Waals surface area contributed by atoms with Gasteiger partial charge in [0.1, 0.15) is 5.69 Å². The molecule has 6 nitrogen and oxygen atoms in total. The maximum Gasteiger partial charge on any atom is 0.332 e. The van der Waals surface area contributed by atoms with Gasteiger partial charge >= 0.3 is 5.69 Å². The van der Waals surface area contributed by atoms with Gasteiger partial charge in [-0.1, -0.05) is 6.07 Å². The van der Waals surface area contributed by atoms with Gasteiger partial charge in [0.15, 0.2) is 0 Å². The van der Waals surface area contributed by atoms with E-state index in [1.165, 1.54) is 0 Å². The molecule has 2 rings (SSSR count). The second kappa shape index (κ2) is 6.15. The first-order valence-electron chi connectivity index (χ1n) is 5.98. The summed E-state index contributed by atoms with van der Waals surface area (Å²) in [4.78, 5) is 21.6. The molecular weight excluding hydrogens is 300 g/mol. The first-order chi connectivity index (χ1) is 9.52. The van der Waals surface area contributed by atoms with Gasteiger partial charge in [0.25, 0.3) is 0 Å². The standard InChI is InChI=1S/C12H13ClN4O2S/c1-3-16(7-9-5-4-6-20-9)11-10(17(18)19)8(2)14-12(13)15-11/h4-6H,3,7H2,1-2H3. The van der Waals surface area contributed by atoms with Crippen molar-refractivity contribution < 1.29 is 4.92 Å². The Morgan fingerprint density at radius 3 is 2.80 bits per heavy atom. The summed E-state index contributed by atoms with van der Waals surface area (Å²) in [6.07, 6.45) is 0. The molecule has 0 aliphatic heterocycles. The van der Waals surface area contributed by atoms with Crippen LogP contribution in [0.2, 0.25) is 5.28 Å². The zero-order valence-electron chi connectivity index (χ0n) is 11.0. The minimum atomic E-state index is -0.460. The fourth-order valence-electron chi connectivity index (χ4n) is 1.88. The first-order valence-corrected chi connectivity index (χ1v) is 7.24. The van der Waals surface area contributed by atoms with Crippen molar-refractivity contribution >= 4 is 34.4 Å². The van der Waals surface area contributed by atoms with Crippen LogP contribution in [0.1, 0.15) is 17.5 Å². The van der Waals surface area contributed by atoms with Gasteiger partial charge < -0.3 is 4.90 Å². The lowest BCUT2D eigenvalue weighted by Crippen LogP contribution is -2.24. The summed E-state index contributed by atoms with van der Waals surface area (Å²) in [6, 6.07) is 3.93. The van der Waals surface area contributed by atoms with Gasteiger partial charge in [0.05, 0.1) is 11.5 Å². The molecule has 0 N–H and O–H groups in total. The summed E-state index contributed by atoms with van der Waals surface area (Å²) < 4.78 is 0. The van der Waals surface area contributed by atoms with Gasteiger partial charge in [0, 0.05) is 11.4 Å². The van der Waals surface area contributed by atoms with Crippen LogP contribution < -0.4 is 4.90 Å². The Kier molecular flexibility index (Phi) is 4.51. The summed E-state index contributed by atoms with van der Waals surface area (Å²) in [6.45, 7) is 4.63. The predicted molar refractivity (Wildman–Crippen MR) is 79.5 cm³/mol. The van der Waals surface area contributed by atoms with Gasteiger partial charge in [-0.05, 0) is 36.9 Å². The molecule has 0 fully saturated rings. The highest BCUT2D eigenvalue weighted by Gasteiger charge is 2.25. The topological polar surface area (TPSA) is 72.2 Å². The smallest absolute Gasteiger partial charge is 0.332 e. The van der Waals surface area contributed by atoms with E-state index < -0.39 is 4.92 Å². The molecule has 0 aliphatic rings. The molecular formula is C12H13ClN4O2S. The Labute approximate surface area is 125 Å². The molecule has 20 heavy (non-hydrogen) atoms. The average Bonchev–Trinajstić information content (AvgIpc) is 2.87. The summed E-state index contributed by atoms with van der Waals surface area (Å²) in [5, 5.41) is 13.2. The van der Waals surface area contributed by atoms with Gasteiger partial charge in [-0.3, -0.25) is 10.1 Å². The minimum Gasteiger partial charge on any atom is -0.346 e. The third-order valence-electron chi connectivity index (χ3n) is 2.80. The Bertz CT molecular complexity index is 618. The molecule has 0 unspecified atom stereocenters. The van der Waals surface area contributed by atoms with E-state index in [2.05, 4.69) is 9.97 Å². The van der Waals surface area contributed by atoms with Gasteiger partial charge in [-0.15, -0.1) is 11.3 Å². The van der Waals surface area contributed by atoms with Crippen LogP contribution in [0.5, 0.6) is 0 Å². The fraction of sp³-hybridized carbons (Fsp3) is 0.333. The summed E-state index contributed by atoms with van der Waals surface area (Å²) in [7, 11) is 0. The van der Waals surface area contributed by atoms with Crippen LogP contribution in [0.15, 0.2) is 17.5 Å². The second-order valence-electron chi connectivity index (χ2n) is 4.10. The van der Waals surface area contributed by atoms with Crippen LogP contribution in [0.3, 0.4) is 0 Å². The number of aromatic nitrogens is 2. The lowest BCUT2D eigenvalue weighted by atomic mass is 10.3. The zero-order valence-corrected chi connectivity index (χ0v) is 12.6. The summed E-state index contributed by atoms with van der Waals surface area (Å²) >= 11 is 7.44.